The van der Waals surface area contributed by atoms with Crippen molar-refractivity contribution in [2.75, 3.05) is 6.61 Å². The van der Waals surface area contributed by atoms with E-state index in [0.29, 0.717) is 11.1 Å². The smallest absolute Gasteiger partial charge is 0.273 e. The molecule has 1 unspecified atom stereocenters. The van der Waals surface area contributed by atoms with Crippen LogP contribution in [-0.2, 0) is 35.2 Å². The van der Waals surface area contributed by atoms with Gasteiger partial charge >= 0.3 is 10.4 Å². The van der Waals surface area contributed by atoms with Crippen LogP contribution in [0.3, 0.4) is 0 Å². The van der Waals surface area contributed by atoms with Crippen molar-refractivity contribution >= 4 is 26.3 Å². The number of carbonyl (C=O) groups is 1. The Morgan fingerprint density at radius 3 is 2.04 bits per heavy atom. The first-order valence-corrected chi connectivity index (χ1v) is 10.9. The summed E-state index contributed by atoms with van der Waals surface area (Å²) < 4.78 is 61.1. The van der Waals surface area contributed by atoms with E-state index < -0.39 is 44.9 Å². The van der Waals surface area contributed by atoms with Crippen molar-refractivity contribution in [3.05, 3.63) is 71.8 Å². The summed E-state index contributed by atoms with van der Waals surface area (Å²) in [6.45, 7) is -0.644. The number of nitrogens with zero attached hydrogens (tertiary/aromatic N) is 1. The van der Waals surface area contributed by atoms with Gasteiger partial charge in [0.25, 0.3) is 0 Å². The molecule has 1 aliphatic heterocycles. The summed E-state index contributed by atoms with van der Waals surface area (Å²) in [5.74, 6) is -2.18. The standard InChI is InChI=1S/C17H17NO7S2/c19-17-15(11-25-27(22,23)24)16(14-9-5-2-6-10-14)18(17)26(20,21)12-13-7-3-1-4-8-13/h1-10,15-16H,11-12H2,(H,22,23,24)/t15?,16-/m1/s1. The van der Waals surface area contributed by atoms with E-state index in [4.69, 9.17) is 4.55 Å². The maximum atomic E-state index is 12.8. The van der Waals surface area contributed by atoms with Gasteiger partial charge in [-0.15, -0.1) is 0 Å². The predicted molar refractivity (Wildman–Crippen MR) is 96.1 cm³/mol. The molecule has 0 aromatic heterocycles. The van der Waals surface area contributed by atoms with Crippen LogP contribution < -0.4 is 0 Å². The molecular weight excluding hydrogens is 394 g/mol. The average Bonchev–Trinajstić information content (AvgIpc) is 2.59. The first-order chi connectivity index (χ1) is 12.7. The van der Waals surface area contributed by atoms with Gasteiger partial charge in [0.15, 0.2) is 0 Å². The number of benzene rings is 2. The fourth-order valence-corrected chi connectivity index (χ4v) is 5.12. The second kappa shape index (κ2) is 7.39. The number of hydrogen-bond donors (Lipinski definition) is 1. The number of hydrogen-bond acceptors (Lipinski definition) is 6. The topological polar surface area (TPSA) is 118 Å². The molecule has 1 saturated heterocycles. The zero-order valence-electron chi connectivity index (χ0n) is 14.0. The molecule has 1 amide bonds. The Kier molecular flexibility index (Phi) is 5.33. The molecule has 0 saturated carbocycles. The molecule has 1 fully saturated rings. The third-order valence-corrected chi connectivity index (χ3v) is 6.34. The van der Waals surface area contributed by atoms with Crippen LogP contribution >= 0.6 is 0 Å². The highest BCUT2D eigenvalue weighted by atomic mass is 32.3. The maximum Gasteiger partial charge on any atom is 0.397 e. The number of β-lactam (4-membered cyclic amide) rings is 1. The fraction of sp³-hybridized carbons (Fsp3) is 0.235. The van der Waals surface area contributed by atoms with Crippen LogP contribution in [0, 0.1) is 5.92 Å². The summed E-state index contributed by atoms with van der Waals surface area (Å²) in [5.41, 5.74) is 1.05. The quantitative estimate of drug-likeness (QED) is 0.542. The lowest BCUT2D eigenvalue weighted by atomic mass is 9.86. The number of amides is 1. The van der Waals surface area contributed by atoms with E-state index in [2.05, 4.69) is 4.18 Å². The Bertz CT molecular complexity index is 1020. The number of sulfonamides is 1. The molecule has 0 spiro atoms. The fourth-order valence-electron chi connectivity index (χ4n) is 3.02. The molecule has 2 atom stereocenters. The van der Waals surface area contributed by atoms with Crippen molar-refractivity contribution in [3.63, 3.8) is 0 Å². The van der Waals surface area contributed by atoms with Gasteiger partial charge in [0.05, 0.1) is 24.3 Å². The molecule has 1 N–H and O–H groups in total. The van der Waals surface area contributed by atoms with Gasteiger partial charge in [-0.1, -0.05) is 60.7 Å². The van der Waals surface area contributed by atoms with Gasteiger partial charge in [0.1, 0.15) is 0 Å². The average molecular weight is 411 g/mol. The molecule has 2 aromatic carbocycles. The van der Waals surface area contributed by atoms with Crippen LogP contribution in [0.4, 0.5) is 0 Å². The lowest BCUT2D eigenvalue weighted by molar-refractivity contribution is -0.148. The van der Waals surface area contributed by atoms with Gasteiger partial charge in [-0.25, -0.2) is 16.9 Å². The molecule has 10 heteroatoms. The van der Waals surface area contributed by atoms with Crippen LogP contribution in [-0.4, -0.2) is 38.2 Å². The van der Waals surface area contributed by atoms with Gasteiger partial charge in [0.2, 0.25) is 15.9 Å². The van der Waals surface area contributed by atoms with Gasteiger partial charge in [-0.3, -0.25) is 9.35 Å². The van der Waals surface area contributed by atoms with Gasteiger partial charge in [-0.2, -0.15) is 8.42 Å². The Balaban J connectivity index is 1.90. The molecule has 0 aliphatic carbocycles. The summed E-state index contributed by atoms with van der Waals surface area (Å²) in [6.07, 6.45) is 0. The minimum atomic E-state index is -4.75. The van der Waals surface area contributed by atoms with Crippen molar-refractivity contribution in [1.82, 2.24) is 4.31 Å². The minimum Gasteiger partial charge on any atom is -0.273 e. The molecule has 8 nitrogen and oxygen atoms in total. The van der Waals surface area contributed by atoms with Crippen molar-refractivity contribution in [2.24, 2.45) is 5.92 Å². The van der Waals surface area contributed by atoms with Crippen LogP contribution in [0.5, 0.6) is 0 Å². The molecule has 3 rings (SSSR count). The molecule has 27 heavy (non-hydrogen) atoms. The molecule has 0 bridgehead atoms. The Hall–Kier alpha value is -2.27. The molecule has 144 valence electrons. The molecule has 2 aromatic rings. The van der Waals surface area contributed by atoms with E-state index in [1.807, 2.05) is 0 Å². The Morgan fingerprint density at radius 1 is 0.926 bits per heavy atom. The molecular formula is C17H17NO7S2. The van der Waals surface area contributed by atoms with Crippen LogP contribution in [0.2, 0.25) is 0 Å². The van der Waals surface area contributed by atoms with Crippen molar-refractivity contribution < 1.29 is 30.4 Å². The molecule has 0 radical (unpaired) electrons. The van der Waals surface area contributed by atoms with Crippen LogP contribution in [0.15, 0.2) is 60.7 Å². The molecule has 1 heterocycles. The van der Waals surface area contributed by atoms with E-state index in [9.17, 15) is 21.6 Å². The Labute approximate surface area is 157 Å². The van der Waals surface area contributed by atoms with E-state index in [0.717, 1.165) is 4.31 Å². The third-order valence-electron chi connectivity index (χ3n) is 4.20. The normalized spacial score (nSPS) is 20.3. The van der Waals surface area contributed by atoms with Crippen molar-refractivity contribution in [3.8, 4) is 0 Å². The van der Waals surface area contributed by atoms with E-state index in [-0.39, 0.29) is 5.75 Å². The zero-order valence-corrected chi connectivity index (χ0v) is 15.6. The monoisotopic (exact) mass is 411 g/mol. The second-order valence-corrected chi connectivity index (χ2v) is 8.99. The Morgan fingerprint density at radius 2 is 1.48 bits per heavy atom. The summed E-state index contributed by atoms with van der Waals surface area (Å²) in [5, 5.41) is 0. The first-order valence-electron chi connectivity index (χ1n) is 7.96. The number of rotatable bonds is 7. The summed E-state index contributed by atoms with van der Waals surface area (Å²) in [7, 11) is -8.74. The zero-order chi connectivity index (χ0) is 19.7. The summed E-state index contributed by atoms with van der Waals surface area (Å²) >= 11 is 0. The van der Waals surface area contributed by atoms with E-state index >= 15 is 0 Å². The highest BCUT2D eigenvalue weighted by Crippen LogP contribution is 2.43. The van der Waals surface area contributed by atoms with Crippen molar-refractivity contribution in [1.29, 1.82) is 0 Å². The largest absolute Gasteiger partial charge is 0.397 e. The first kappa shape index (κ1) is 19.5. The van der Waals surface area contributed by atoms with Crippen LogP contribution in [0.25, 0.3) is 0 Å². The minimum absolute atomic E-state index is 0.366. The SMILES string of the molecule is O=C1C(COS(=O)(=O)O)[C@@H](c2ccccc2)N1S(=O)(=O)Cc1ccccc1. The summed E-state index contributed by atoms with van der Waals surface area (Å²) in [6, 6.07) is 15.9. The van der Waals surface area contributed by atoms with E-state index in [1.165, 1.54) is 0 Å². The maximum absolute atomic E-state index is 12.8. The summed E-state index contributed by atoms with van der Waals surface area (Å²) in [4.78, 5) is 12.5. The second-order valence-electron chi connectivity index (χ2n) is 6.05. The lowest BCUT2D eigenvalue weighted by Gasteiger charge is -2.45. The molecule has 1 aliphatic rings. The van der Waals surface area contributed by atoms with Gasteiger partial charge in [0, 0.05) is 0 Å². The van der Waals surface area contributed by atoms with Crippen LogP contribution in [0.1, 0.15) is 17.2 Å². The third kappa shape index (κ3) is 4.35. The number of carbonyl (C=O) groups excluding carboxylic acids is 1. The van der Waals surface area contributed by atoms with Gasteiger partial charge < -0.3 is 0 Å². The lowest BCUT2D eigenvalue weighted by Crippen LogP contribution is -2.59. The highest BCUT2D eigenvalue weighted by Gasteiger charge is 2.54. The van der Waals surface area contributed by atoms with E-state index in [1.54, 1.807) is 60.7 Å². The highest BCUT2D eigenvalue weighted by molar-refractivity contribution is 7.89. The van der Waals surface area contributed by atoms with Crippen molar-refractivity contribution in [2.45, 2.75) is 11.8 Å². The predicted octanol–water partition coefficient (Wildman–Crippen LogP) is 1.54. The van der Waals surface area contributed by atoms with Gasteiger partial charge in [-0.05, 0) is 11.1 Å².